The van der Waals surface area contributed by atoms with Crippen molar-refractivity contribution in [1.82, 2.24) is 15.0 Å². The van der Waals surface area contributed by atoms with Gasteiger partial charge in [-0.1, -0.05) is 0 Å². The minimum absolute atomic E-state index is 0.710. The summed E-state index contributed by atoms with van der Waals surface area (Å²) in [4.78, 5) is 12.8. The minimum Gasteiger partial charge on any atom is -0.370 e. The molecule has 2 rings (SSSR count). The second kappa shape index (κ2) is 6.13. The van der Waals surface area contributed by atoms with Crippen LogP contribution in [0.1, 0.15) is 23.9 Å². The van der Waals surface area contributed by atoms with Gasteiger partial charge in [0.1, 0.15) is 17.5 Å². The van der Waals surface area contributed by atoms with Gasteiger partial charge in [0.05, 0.1) is 0 Å². The third-order valence-corrected chi connectivity index (χ3v) is 2.80. The van der Waals surface area contributed by atoms with E-state index >= 15 is 0 Å². The van der Waals surface area contributed by atoms with Crippen molar-refractivity contribution in [1.29, 1.82) is 0 Å². The Morgan fingerprint density at radius 3 is 2.53 bits per heavy atom. The first-order chi connectivity index (χ1) is 9.19. The van der Waals surface area contributed by atoms with Crippen LogP contribution in [-0.4, -0.2) is 21.5 Å². The third-order valence-electron chi connectivity index (χ3n) is 2.80. The van der Waals surface area contributed by atoms with Crippen molar-refractivity contribution < 1.29 is 0 Å². The van der Waals surface area contributed by atoms with Gasteiger partial charge in [-0.05, 0) is 38.0 Å². The van der Waals surface area contributed by atoms with Gasteiger partial charge in [0.2, 0.25) is 0 Å². The van der Waals surface area contributed by atoms with Crippen LogP contribution in [0.2, 0.25) is 0 Å². The lowest BCUT2D eigenvalue weighted by Gasteiger charge is -2.10. The first-order valence-corrected chi connectivity index (χ1v) is 6.42. The average molecular weight is 257 g/mol. The highest BCUT2D eigenvalue weighted by Gasteiger charge is 2.02. The lowest BCUT2D eigenvalue weighted by Crippen LogP contribution is -2.07. The Bertz CT molecular complexity index is 553. The van der Waals surface area contributed by atoms with Crippen LogP contribution in [-0.2, 0) is 6.54 Å². The Kier molecular flexibility index (Phi) is 4.28. The molecular weight excluding hydrogens is 238 g/mol. The summed E-state index contributed by atoms with van der Waals surface area (Å²) < 4.78 is 0. The van der Waals surface area contributed by atoms with E-state index in [-0.39, 0.29) is 0 Å². The lowest BCUT2D eigenvalue weighted by molar-refractivity contribution is 1.00. The molecule has 0 saturated carbocycles. The van der Waals surface area contributed by atoms with Crippen LogP contribution in [0.25, 0.3) is 0 Å². The van der Waals surface area contributed by atoms with Gasteiger partial charge in [0, 0.05) is 31.5 Å². The summed E-state index contributed by atoms with van der Waals surface area (Å²) in [7, 11) is 0. The van der Waals surface area contributed by atoms with Crippen LogP contribution in [0.5, 0.6) is 0 Å². The van der Waals surface area contributed by atoms with Crippen LogP contribution in [0.3, 0.4) is 0 Å². The maximum atomic E-state index is 4.38. The topological polar surface area (TPSA) is 62.7 Å². The fourth-order valence-corrected chi connectivity index (χ4v) is 1.80. The van der Waals surface area contributed by atoms with E-state index in [0.29, 0.717) is 6.54 Å². The van der Waals surface area contributed by atoms with Crippen molar-refractivity contribution in [3.05, 3.63) is 41.5 Å². The molecule has 0 bridgehead atoms. The molecule has 0 atom stereocenters. The van der Waals surface area contributed by atoms with E-state index in [9.17, 15) is 0 Å². The van der Waals surface area contributed by atoms with Crippen molar-refractivity contribution in [3.63, 3.8) is 0 Å². The maximum absolute atomic E-state index is 4.38. The largest absolute Gasteiger partial charge is 0.370 e. The summed E-state index contributed by atoms with van der Waals surface area (Å²) in [5, 5.41) is 6.51. The molecule has 0 aliphatic carbocycles. The summed E-state index contributed by atoms with van der Waals surface area (Å²) in [5.74, 6) is 2.43. The number of pyridine rings is 1. The molecule has 0 unspecified atom stereocenters. The quantitative estimate of drug-likeness (QED) is 0.861. The van der Waals surface area contributed by atoms with E-state index < -0.39 is 0 Å². The SMILES string of the molecule is CCNc1cc(NCc2cnccc2C)nc(C)n1. The summed E-state index contributed by atoms with van der Waals surface area (Å²) in [6.07, 6.45) is 3.68. The smallest absolute Gasteiger partial charge is 0.132 e. The molecule has 0 spiro atoms. The zero-order chi connectivity index (χ0) is 13.7. The fourth-order valence-electron chi connectivity index (χ4n) is 1.80. The van der Waals surface area contributed by atoms with Crippen LogP contribution < -0.4 is 10.6 Å². The van der Waals surface area contributed by atoms with Crippen molar-refractivity contribution in [2.24, 2.45) is 0 Å². The zero-order valence-electron chi connectivity index (χ0n) is 11.6. The van der Waals surface area contributed by atoms with Crippen molar-refractivity contribution >= 4 is 11.6 Å². The maximum Gasteiger partial charge on any atom is 0.132 e. The van der Waals surface area contributed by atoms with Gasteiger partial charge in [-0.3, -0.25) is 4.98 Å². The van der Waals surface area contributed by atoms with Crippen molar-refractivity contribution in [2.45, 2.75) is 27.3 Å². The third kappa shape index (κ3) is 3.64. The number of anilines is 2. The Morgan fingerprint density at radius 1 is 1.11 bits per heavy atom. The van der Waals surface area contributed by atoms with E-state index in [2.05, 4.69) is 32.5 Å². The second-order valence-electron chi connectivity index (χ2n) is 4.37. The molecule has 0 fully saturated rings. The Morgan fingerprint density at radius 2 is 1.84 bits per heavy atom. The van der Waals surface area contributed by atoms with Crippen molar-refractivity contribution in [3.8, 4) is 0 Å². The number of nitrogens with one attached hydrogen (secondary N) is 2. The number of rotatable bonds is 5. The molecule has 100 valence electrons. The second-order valence-corrected chi connectivity index (χ2v) is 4.37. The molecule has 0 aliphatic rings. The van der Waals surface area contributed by atoms with Gasteiger partial charge < -0.3 is 10.6 Å². The van der Waals surface area contributed by atoms with Gasteiger partial charge in [-0.25, -0.2) is 9.97 Å². The molecule has 0 aromatic carbocycles. The molecule has 0 amide bonds. The minimum atomic E-state index is 0.710. The van der Waals surface area contributed by atoms with E-state index in [1.807, 2.05) is 32.2 Å². The number of aryl methyl sites for hydroxylation is 2. The molecule has 19 heavy (non-hydrogen) atoms. The molecule has 2 aromatic heterocycles. The normalized spacial score (nSPS) is 10.3. The molecule has 0 saturated heterocycles. The van der Waals surface area contributed by atoms with E-state index in [1.54, 1.807) is 6.20 Å². The molecule has 5 heteroatoms. The first kappa shape index (κ1) is 13.3. The first-order valence-electron chi connectivity index (χ1n) is 6.42. The van der Waals surface area contributed by atoms with Crippen molar-refractivity contribution in [2.75, 3.05) is 17.2 Å². The Balaban J connectivity index is 2.09. The Labute approximate surface area is 113 Å². The number of aromatic nitrogens is 3. The van der Waals surface area contributed by atoms with Crippen LogP contribution in [0.4, 0.5) is 11.6 Å². The van der Waals surface area contributed by atoms with Gasteiger partial charge in [0.25, 0.3) is 0 Å². The van der Waals surface area contributed by atoms with E-state index in [4.69, 9.17) is 0 Å². The average Bonchev–Trinajstić information content (AvgIpc) is 2.37. The molecule has 5 nitrogen and oxygen atoms in total. The summed E-state index contributed by atoms with van der Waals surface area (Å²) in [6, 6.07) is 3.93. The van der Waals surface area contributed by atoms with Crippen LogP contribution in [0.15, 0.2) is 24.5 Å². The van der Waals surface area contributed by atoms with Gasteiger partial charge in [0.15, 0.2) is 0 Å². The van der Waals surface area contributed by atoms with Crippen LogP contribution >= 0.6 is 0 Å². The monoisotopic (exact) mass is 257 g/mol. The summed E-state index contributed by atoms with van der Waals surface area (Å²) >= 11 is 0. The van der Waals surface area contributed by atoms with Gasteiger partial charge in [-0.2, -0.15) is 0 Å². The molecule has 2 aromatic rings. The standard InChI is InChI=1S/C14H19N5/c1-4-16-13-7-14(19-11(3)18-13)17-9-12-8-15-6-5-10(12)2/h5-8H,4,9H2,1-3H3,(H2,16,17,18,19). The molecule has 2 N–H and O–H groups in total. The lowest BCUT2D eigenvalue weighted by atomic mass is 10.1. The number of hydrogen-bond donors (Lipinski definition) is 2. The predicted molar refractivity (Wildman–Crippen MR) is 77.2 cm³/mol. The number of hydrogen-bond acceptors (Lipinski definition) is 5. The van der Waals surface area contributed by atoms with E-state index in [1.165, 1.54) is 11.1 Å². The fraction of sp³-hybridized carbons (Fsp3) is 0.357. The molecule has 0 aliphatic heterocycles. The summed E-state index contributed by atoms with van der Waals surface area (Å²) in [5.41, 5.74) is 2.39. The molecular formula is C14H19N5. The van der Waals surface area contributed by atoms with Gasteiger partial charge in [-0.15, -0.1) is 0 Å². The number of nitrogens with zero attached hydrogens (tertiary/aromatic N) is 3. The predicted octanol–water partition coefficient (Wildman–Crippen LogP) is 2.53. The molecule has 2 heterocycles. The molecule has 0 radical (unpaired) electrons. The van der Waals surface area contributed by atoms with E-state index in [0.717, 1.165) is 24.0 Å². The highest BCUT2D eigenvalue weighted by atomic mass is 15.1. The van der Waals surface area contributed by atoms with Gasteiger partial charge >= 0.3 is 0 Å². The highest BCUT2D eigenvalue weighted by Crippen LogP contribution is 2.13. The highest BCUT2D eigenvalue weighted by molar-refractivity contribution is 5.47. The Hall–Kier alpha value is -2.17. The summed E-state index contributed by atoms with van der Waals surface area (Å²) in [6.45, 7) is 7.57. The zero-order valence-corrected chi connectivity index (χ0v) is 11.6. The van der Waals surface area contributed by atoms with Crippen LogP contribution in [0, 0.1) is 13.8 Å².